The Kier molecular flexibility index (Phi) is 3.56. The van der Waals surface area contributed by atoms with Crippen LogP contribution in [0.4, 0.5) is 9.18 Å². The fourth-order valence-corrected chi connectivity index (χ4v) is 3.15. The second-order valence-corrected chi connectivity index (χ2v) is 7.04. The lowest BCUT2D eigenvalue weighted by Crippen LogP contribution is -2.43. The normalized spacial score (nSPS) is 17.6. The first-order valence-corrected chi connectivity index (χ1v) is 7.57. The van der Waals surface area contributed by atoms with E-state index in [4.69, 9.17) is 16.3 Å². The largest absolute Gasteiger partial charge is 0.444 e. The molecule has 0 fully saturated rings. The molecule has 6 heteroatoms. The van der Waals surface area contributed by atoms with Crippen molar-refractivity contribution in [3.05, 3.63) is 34.7 Å². The summed E-state index contributed by atoms with van der Waals surface area (Å²) in [7, 11) is 0. The van der Waals surface area contributed by atoms with Crippen LogP contribution in [0, 0.1) is 5.82 Å². The second-order valence-electron chi connectivity index (χ2n) is 6.64. The highest BCUT2D eigenvalue weighted by Crippen LogP contribution is 2.33. The molecular formula is C16H18ClFN2O2. The van der Waals surface area contributed by atoms with Crippen LogP contribution in [0.1, 0.15) is 26.3 Å². The van der Waals surface area contributed by atoms with Crippen molar-refractivity contribution in [2.45, 2.75) is 45.4 Å². The van der Waals surface area contributed by atoms with Crippen LogP contribution >= 0.6 is 11.6 Å². The van der Waals surface area contributed by atoms with Gasteiger partial charge in [-0.05, 0) is 44.9 Å². The van der Waals surface area contributed by atoms with Crippen molar-refractivity contribution >= 4 is 28.6 Å². The highest BCUT2D eigenvalue weighted by molar-refractivity contribution is 6.35. The Morgan fingerprint density at radius 2 is 2.18 bits per heavy atom. The second kappa shape index (κ2) is 5.16. The first-order chi connectivity index (χ1) is 10.2. The molecule has 0 saturated carbocycles. The molecule has 1 aromatic carbocycles. The minimum atomic E-state index is -0.549. The Morgan fingerprint density at radius 1 is 1.45 bits per heavy atom. The third-order valence-electron chi connectivity index (χ3n) is 3.57. The molecule has 1 N–H and O–H groups in total. The Bertz CT molecular complexity index is 749. The number of hydrogen-bond acceptors (Lipinski definition) is 2. The summed E-state index contributed by atoms with van der Waals surface area (Å²) >= 11 is 6.17. The molecule has 1 aliphatic rings. The number of ether oxygens (including phenoxy) is 1. The fraction of sp³-hybridized carbons (Fsp3) is 0.438. The minimum absolute atomic E-state index is 0.157. The SMILES string of the molecule is CC(C)(C)OC(=O)NC1Cc2cc(F)cc3c(Cl)cn(c23)C1. The van der Waals surface area contributed by atoms with E-state index in [1.807, 2.05) is 25.3 Å². The summed E-state index contributed by atoms with van der Waals surface area (Å²) in [4.78, 5) is 11.9. The van der Waals surface area contributed by atoms with E-state index in [9.17, 15) is 9.18 Å². The molecule has 22 heavy (non-hydrogen) atoms. The van der Waals surface area contributed by atoms with Gasteiger partial charge in [-0.3, -0.25) is 0 Å². The molecule has 1 amide bonds. The number of carbonyl (C=O) groups is 1. The van der Waals surface area contributed by atoms with Gasteiger partial charge in [0.15, 0.2) is 0 Å². The van der Waals surface area contributed by atoms with Crippen molar-refractivity contribution in [3.63, 3.8) is 0 Å². The summed E-state index contributed by atoms with van der Waals surface area (Å²) in [5.74, 6) is -0.319. The Labute approximate surface area is 133 Å². The lowest BCUT2D eigenvalue weighted by molar-refractivity contribution is 0.0498. The van der Waals surface area contributed by atoms with E-state index in [1.165, 1.54) is 12.1 Å². The van der Waals surface area contributed by atoms with Crippen molar-refractivity contribution in [3.8, 4) is 0 Å². The predicted octanol–water partition coefficient (Wildman–Crippen LogP) is 3.88. The number of carbonyl (C=O) groups excluding carboxylic acids is 1. The van der Waals surface area contributed by atoms with Gasteiger partial charge >= 0.3 is 6.09 Å². The molecule has 0 saturated heterocycles. The van der Waals surface area contributed by atoms with Gasteiger partial charge in [-0.1, -0.05) is 11.6 Å². The quantitative estimate of drug-likeness (QED) is 0.865. The van der Waals surface area contributed by atoms with Gasteiger partial charge in [0, 0.05) is 18.1 Å². The van der Waals surface area contributed by atoms with E-state index < -0.39 is 11.7 Å². The van der Waals surface area contributed by atoms with Crippen LogP contribution in [0.3, 0.4) is 0 Å². The van der Waals surface area contributed by atoms with E-state index in [0.717, 1.165) is 11.1 Å². The number of nitrogens with zero attached hydrogens (tertiary/aromatic N) is 1. The molecule has 0 spiro atoms. The first-order valence-electron chi connectivity index (χ1n) is 7.19. The summed E-state index contributed by atoms with van der Waals surface area (Å²) < 4.78 is 21.0. The van der Waals surface area contributed by atoms with Gasteiger partial charge in [0.05, 0.1) is 16.6 Å². The number of aromatic nitrogens is 1. The molecule has 0 bridgehead atoms. The zero-order chi connectivity index (χ0) is 16.1. The maximum absolute atomic E-state index is 13.7. The van der Waals surface area contributed by atoms with Crippen molar-refractivity contribution in [2.24, 2.45) is 0 Å². The Hall–Kier alpha value is -1.75. The molecule has 1 aromatic heterocycles. The molecule has 1 unspecified atom stereocenters. The lowest BCUT2D eigenvalue weighted by Gasteiger charge is -2.27. The smallest absolute Gasteiger partial charge is 0.407 e. The fourth-order valence-electron chi connectivity index (χ4n) is 2.89. The van der Waals surface area contributed by atoms with Crippen LogP contribution in [0.15, 0.2) is 18.3 Å². The number of benzene rings is 1. The van der Waals surface area contributed by atoms with Gasteiger partial charge in [0.25, 0.3) is 0 Å². The van der Waals surface area contributed by atoms with Gasteiger partial charge in [-0.25, -0.2) is 9.18 Å². The molecule has 3 rings (SSSR count). The third-order valence-corrected chi connectivity index (χ3v) is 3.87. The third kappa shape index (κ3) is 2.90. The molecule has 118 valence electrons. The zero-order valence-corrected chi connectivity index (χ0v) is 13.5. The van der Waals surface area contributed by atoms with Crippen LogP contribution in [0.2, 0.25) is 5.02 Å². The van der Waals surface area contributed by atoms with E-state index >= 15 is 0 Å². The molecule has 2 aromatic rings. The van der Waals surface area contributed by atoms with Crippen molar-refractivity contribution in [2.75, 3.05) is 0 Å². The minimum Gasteiger partial charge on any atom is -0.444 e. The highest BCUT2D eigenvalue weighted by Gasteiger charge is 2.26. The average molecular weight is 325 g/mol. The standard InChI is InChI=1S/C16H18ClFN2O2/c1-16(2,3)22-15(21)19-11-5-9-4-10(18)6-12-13(17)8-20(7-11)14(9)12/h4,6,8,11H,5,7H2,1-3H3,(H,19,21). The Morgan fingerprint density at radius 3 is 2.86 bits per heavy atom. The van der Waals surface area contributed by atoms with E-state index in [0.29, 0.717) is 23.4 Å². The summed E-state index contributed by atoms with van der Waals surface area (Å²) in [5, 5.41) is 4.08. The molecule has 0 aliphatic carbocycles. The summed E-state index contributed by atoms with van der Waals surface area (Å²) in [6.45, 7) is 6.02. The Balaban J connectivity index is 1.84. The molecule has 4 nitrogen and oxygen atoms in total. The van der Waals surface area contributed by atoms with Gasteiger partial charge in [-0.2, -0.15) is 0 Å². The summed E-state index contributed by atoms with van der Waals surface area (Å²) in [5.41, 5.74) is 1.23. The average Bonchev–Trinajstić information content (AvgIpc) is 2.63. The molecular weight excluding hydrogens is 307 g/mol. The number of nitrogens with one attached hydrogen (secondary N) is 1. The first kappa shape index (κ1) is 15.2. The van der Waals surface area contributed by atoms with Crippen LogP contribution in [-0.2, 0) is 17.7 Å². The summed E-state index contributed by atoms with van der Waals surface area (Å²) in [6, 6.07) is 2.79. The van der Waals surface area contributed by atoms with E-state index in [-0.39, 0.29) is 11.9 Å². The van der Waals surface area contributed by atoms with Crippen LogP contribution in [0.5, 0.6) is 0 Å². The predicted molar refractivity (Wildman–Crippen MR) is 83.8 cm³/mol. The topological polar surface area (TPSA) is 43.3 Å². The molecule has 2 heterocycles. The molecule has 1 atom stereocenters. The number of hydrogen-bond donors (Lipinski definition) is 1. The maximum atomic E-state index is 13.7. The number of halogens is 2. The number of amides is 1. The summed E-state index contributed by atoms with van der Waals surface area (Å²) in [6.07, 6.45) is 1.86. The van der Waals surface area contributed by atoms with Crippen molar-refractivity contribution in [1.29, 1.82) is 0 Å². The highest BCUT2D eigenvalue weighted by atomic mass is 35.5. The monoisotopic (exact) mass is 324 g/mol. The van der Waals surface area contributed by atoms with Gasteiger partial charge < -0.3 is 14.6 Å². The van der Waals surface area contributed by atoms with Gasteiger partial charge in [0.2, 0.25) is 0 Å². The number of alkyl carbamates (subject to hydrolysis) is 1. The molecule has 0 radical (unpaired) electrons. The van der Waals surface area contributed by atoms with Crippen molar-refractivity contribution < 1.29 is 13.9 Å². The van der Waals surface area contributed by atoms with E-state index in [2.05, 4.69) is 5.32 Å². The van der Waals surface area contributed by atoms with Crippen LogP contribution in [0.25, 0.3) is 10.9 Å². The molecule has 1 aliphatic heterocycles. The van der Waals surface area contributed by atoms with Gasteiger partial charge in [0.1, 0.15) is 11.4 Å². The van der Waals surface area contributed by atoms with Crippen molar-refractivity contribution in [1.82, 2.24) is 9.88 Å². The van der Waals surface area contributed by atoms with Crippen LogP contribution in [-0.4, -0.2) is 22.3 Å². The van der Waals surface area contributed by atoms with E-state index in [1.54, 1.807) is 6.20 Å². The van der Waals surface area contributed by atoms with Gasteiger partial charge in [-0.15, -0.1) is 0 Å². The van der Waals surface area contributed by atoms with Crippen LogP contribution < -0.4 is 5.32 Å². The lowest BCUT2D eigenvalue weighted by atomic mass is 10.00. The zero-order valence-electron chi connectivity index (χ0n) is 12.7. The maximum Gasteiger partial charge on any atom is 0.407 e. The number of rotatable bonds is 1.